The fourth-order valence-corrected chi connectivity index (χ4v) is 4.23. The van der Waals surface area contributed by atoms with E-state index >= 15 is 0 Å². The van der Waals surface area contributed by atoms with Gasteiger partial charge in [0.05, 0.1) is 0 Å². The third-order valence-corrected chi connectivity index (χ3v) is 5.92. The molecule has 0 bridgehead atoms. The van der Waals surface area contributed by atoms with Crippen molar-refractivity contribution in [2.24, 2.45) is 5.92 Å². The molecule has 7 nitrogen and oxygen atoms in total. The minimum absolute atomic E-state index is 0.121. The van der Waals surface area contributed by atoms with E-state index < -0.39 is 23.8 Å². The molecule has 3 amide bonds. The summed E-state index contributed by atoms with van der Waals surface area (Å²) in [6, 6.07) is 13.0. The number of nitrogens with zero attached hydrogens (tertiary/aromatic N) is 1. The molecule has 0 spiro atoms. The first-order valence-corrected chi connectivity index (χ1v) is 12.9. The topological polar surface area (TPSA) is 87.7 Å². The summed E-state index contributed by atoms with van der Waals surface area (Å²) in [4.78, 5) is 42.3. The Balaban J connectivity index is 2.54. The van der Waals surface area contributed by atoms with Crippen LogP contribution >= 0.6 is 0 Å². The summed E-state index contributed by atoms with van der Waals surface area (Å²) < 4.78 is 5.44. The first kappa shape index (κ1) is 29.9. The van der Waals surface area contributed by atoms with Gasteiger partial charge in [-0.05, 0) is 83.6 Å². The highest BCUT2D eigenvalue weighted by Crippen LogP contribution is 2.30. The Bertz CT molecular complexity index is 1090. The van der Waals surface area contributed by atoms with Gasteiger partial charge in [-0.25, -0.2) is 4.79 Å². The molecule has 0 aliphatic carbocycles. The van der Waals surface area contributed by atoms with Gasteiger partial charge in [0.1, 0.15) is 17.7 Å². The molecule has 2 aromatic rings. The third kappa shape index (κ3) is 8.62. The normalized spacial score (nSPS) is 13.2. The molecule has 2 N–H and O–H groups in total. The van der Waals surface area contributed by atoms with Crippen LogP contribution < -0.4 is 10.6 Å². The van der Waals surface area contributed by atoms with Crippen molar-refractivity contribution in [3.8, 4) is 0 Å². The highest BCUT2D eigenvalue weighted by Gasteiger charge is 2.38. The van der Waals surface area contributed by atoms with Crippen LogP contribution in [-0.2, 0) is 14.3 Å². The van der Waals surface area contributed by atoms with Crippen molar-refractivity contribution in [3.63, 3.8) is 0 Å². The number of aryl methyl sites for hydroxylation is 2. The van der Waals surface area contributed by atoms with Gasteiger partial charge in [0, 0.05) is 11.7 Å². The van der Waals surface area contributed by atoms with Crippen molar-refractivity contribution >= 4 is 23.6 Å². The maximum atomic E-state index is 14.1. The second-order valence-corrected chi connectivity index (χ2v) is 11.2. The largest absolute Gasteiger partial charge is 0.444 e. The molecule has 0 saturated heterocycles. The molecule has 0 heterocycles. The Morgan fingerprint density at radius 2 is 1.46 bits per heavy atom. The maximum absolute atomic E-state index is 14.1. The molecule has 2 unspecified atom stereocenters. The zero-order valence-electron chi connectivity index (χ0n) is 23.7. The Morgan fingerprint density at radius 3 is 1.97 bits per heavy atom. The number of alkyl carbamates (subject to hydrolysis) is 1. The predicted molar refractivity (Wildman–Crippen MR) is 148 cm³/mol. The SMILES string of the molecule is Cc1ccccc1NC(=O)C(c1ccccc1C)N(C(=O)C(CC(C)C)NC(=O)OC(C)(C)C)C(C)C. The average molecular weight is 510 g/mol. The van der Waals surface area contributed by atoms with Gasteiger partial charge in [-0.1, -0.05) is 56.3 Å². The molecule has 2 rings (SSSR count). The number of benzene rings is 2. The van der Waals surface area contributed by atoms with Gasteiger partial charge in [-0.2, -0.15) is 0 Å². The van der Waals surface area contributed by atoms with Crippen LogP contribution in [0.2, 0.25) is 0 Å². The second kappa shape index (κ2) is 12.7. The Kier molecular flexibility index (Phi) is 10.3. The summed E-state index contributed by atoms with van der Waals surface area (Å²) >= 11 is 0. The molecule has 0 saturated carbocycles. The number of anilines is 1. The van der Waals surface area contributed by atoms with E-state index in [1.807, 2.05) is 90.1 Å². The van der Waals surface area contributed by atoms with E-state index in [-0.39, 0.29) is 23.8 Å². The van der Waals surface area contributed by atoms with Gasteiger partial charge in [0.15, 0.2) is 0 Å². The van der Waals surface area contributed by atoms with Crippen molar-refractivity contribution in [3.05, 3.63) is 65.2 Å². The molecule has 202 valence electrons. The second-order valence-electron chi connectivity index (χ2n) is 11.2. The summed E-state index contributed by atoms with van der Waals surface area (Å²) in [5.74, 6) is -0.524. The fourth-order valence-electron chi connectivity index (χ4n) is 4.23. The van der Waals surface area contributed by atoms with Crippen molar-refractivity contribution < 1.29 is 19.1 Å². The Labute approximate surface area is 222 Å². The number of hydrogen-bond donors (Lipinski definition) is 2. The van der Waals surface area contributed by atoms with Gasteiger partial charge < -0.3 is 20.3 Å². The smallest absolute Gasteiger partial charge is 0.408 e. The van der Waals surface area contributed by atoms with E-state index in [1.165, 1.54) is 0 Å². The van der Waals surface area contributed by atoms with E-state index in [1.54, 1.807) is 25.7 Å². The van der Waals surface area contributed by atoms with Crippen molar-refractivity contribution in [1.29, 1.82) is 0 Å². The summed E-state index contributed by atoms with van der Waals surface area (Å²) in [6.07, 6.45) is -0.256. The lowest BCUT2D eigenvalue weighted by molar-refractivity contribution is -0.143. The van der Waals surface area contributed by atoms with E-state index in [9.17, 15) is 14.4 Å². The minimum atomic E-state index is -0.900. The predicted octanol–water partition coefficient (Wildman–Crippen LogP) is 6.16. The molecule has 2 aromatic carbocycles. The van der Waals surface area contributed by atoms with E-state index in [0.717, 1.165) is 16.7 Å². The lowest BCUT2D eigenvalue weighted by atomic mass is 9.95. The van der Waals surface area contributed by atoms with Gasteiger partial charge in [0.25, 0.3) is 5.91 Å². The number of nitrogens with one attached hydrogen (secondary N) is 2. The van der Waals surface area contributed by atoms with E-state index in [0.29, 0.717) is 12.1 Å². The van der Waals surface area contributed by atoms with Crippen LogP contribution in [0.15, 0.2) is 48.5 Å². The molecule has 0 aliphatic heterocycles. The summed E-state index contributed by atoms with van der Waals surface area (Å²) in [5, 5.41) is 5.81. The number of carbonyl (C=O) groups is 3. The van der Waals surface area contributed by atoms with Gasteiger partial charge in [0.2, 0.25) is 5.91 Å². The van der Waals surface area contributed by atoms with Crippen LogP contribution in [0.4, 0.5) is 10.5 Å². The summed E-state index contributed by atoms with van der Waals surface area (Å²) in [5.41, 5.74) is 2.53. The summed E-state index contributed by atoms with van der Waals surface area (Å²) in [7, 11) is 0. The van der Waals surface area contributed by atoms with Crippen LogP contribution in [0, 0.1) is 19.8 Å². The molecular weight excluding hydrogens is 466 g/mol. The number of hydrogen-bond acceptors (Lipinski definition) is 4. The van der Waals surface area contributed by atoms with Crippen LogP contribution in [0.3, 0.4) is 0 Å². The lowest BCUT2D eigenvalue weighted by Crippen LogP contribution is -2.54. The quantitative estimate of drug-likeness (QED) is 0.424. The van der Waals surface area contributed by atoms with Crippen molar-refractivity contribution in [2.45, 2.75) is 92.5 Å². The minimum Gasteiger partial charge on any atom is -0.444 e. The number of amides is 3. The standard InChI is InChI=1S/C30H43N3O4/c1-19(2)18-25(32-29(36)37-30(7,8)9)28(35)33(20(3)4)26(23-16-12-10-14-21(23)5)27(34)31-24-17-13-11-15-22(24)6/h10-17,19-20,25-26H,18H2,1-9H3,(H,31,34)(H,32,36). The Hall–Kier alpha value is -3.35. The van der Waals surface area contributed by atoms with Crippen molar-refractivity contribution in [2.75, 3.05) is 5.32 Å². The first-order chi connectivity index (χ1) is 17.2. The van der Waals surface area contributed by atoms with Gasteiger partial charge in [-0.3, -0.25) is 9.59 Å². The summed E-state index contributed by atoms with van der Waals surface area (Å²) in [6.45, 7) is 16.9. The number of ether oxygens (including phenoxy) is 1. The lowest BCUT2D eigenvalue weighted by Gasteiger charge is -2.38. The molecule has 2 atom stereocenters. The number of rotatable bonds is 9. The van der Waals surface area contributed by atoms with Crippen LogP contribution in [-0.4, -0.2) is 40.5 Å². The first-order valence-electron chi connectivity index (χ1n) is 12.9. The van der Waals surface area contributed by atoms with Crippen LogP contribution in [0.5, 0.6) is 0 Å². The zero-order valence-corrected chi connectivity index (χ0v) is 23.7. The molecule has 0 radical (unpaired) electrons. The highest BCUT2D eigenvalue weighted by molar-refractivity contribution is 5.99. The van der Waals surface area contributed by atoms with Gasteiger partial charge in [-0.15, -0.1) is 0 Å². The molecule has 0 aliphatic rings. The number of carbonyl (C=O) groups excluding carboxylic acids is 3. The zero-order chi connectivity index (χ0) is 27.9. The highest BCUT2D eigenvalue weighted by atomic mass is 16.6. The molecule has 37 heavy (non-hydrogen) atoms. The monoisotopic (exact) mass is 509 g/mol. The molecular formula is C30H43N3O4. The van der Waals surface area contributed by atoms with Gasteiger partial charge >= 0.3 is 6.09 Å². The van der Waals surface area contributed by atoms with E-state index in [2.05, 4.69) is 10.6 Å². The number of para-hydroxylation sites is 1. The Morgan fingerprint density at radius 1 is 0.892 bits per heavy atom. The van der Waals surface area contributed by atoms with Crippen LogP contribution in [0.25, 0.3) is 0 Å². The average Bonchev–Trinajstić information content (AvgIpc) is 2.77. The molecule has 7 heteroatoms. The fraction of sp³-hybridized carbons (Fsp3) is 0.500. The molecule has 0 fully saturated rings. The third-order valence-electron chi connectivity index (χ3n) is 5.92. The van der Waals surface area contributed by atoms with Crippen LogP contribution in [0.1, 0.15) is 77.6 Å². The van der Waals surface area contributed by atoms with Crippen molar-refractivity contribution in [1.82, 2.24) is 10.2 Å². The maximum Gasteiger partial charge on any atom is 0.408 e. The van der Waals surface area contributed by atoms with E-state index in [4.69, 9.17) is 4.74 Å². The molecule has 0 aromatic heterocycles.